The SMILES string of the molecule is Cc1ccc(COc2c(Br)cc(/C=C3\C(=O)NC(=O)N(c4ccc(Br)cc4)C3=O)cc2I)cc1. The van der Waals surface area contributed by atoms with Crippen LogP contribution in [0.15, 0.2) is 75.2 Å². The van der Waals surface area contributed by atoms with Gasteiger partial charge in [-0.2, -0.15) is 0 Å². The summed E-state index contributed by atoms with van der Waals surface area (Å²) in [5.74, 6) is -0.773. The summed E-state index contributed by atoms with van der Waals surface area (Å²) in [6.07, 6.45) is 1.46. The molecule has 0 atom stereocenters. The Balaban J connectivity index is 1.60. The molecule has 0 bridgehead atoms. The number of anilines is 1. The van der Waals surface area contributed by atoms with Gasteiger partial charge in [0.25, 0.3) is 11.8 Å². The summed E-state index contributed by atoms with van der Waals surface area (Å²) in [6.45, 7) is 2.43. The first-order valence-electron chi connectivity index (χ1n) is 10.1. The number of aryl methyl sites for hydroxylation is 1. The first-order chi connectivity index (χ1) is 16.2. The van der Waals surface area contributed by atoms with Crippen LogP contribution in [0.2, 0.25) is 0 Å². The number of amides is 4. The van der Waals surface area contributed by atoms with Crippen molar-refractivity contribution in [3.05, 3.63) is 95.4 Å². The minimum atomic E-state index is -0.787. The number of imide groups is 2. The van der Waals surface area contributed by atoms with Gasteiger partial charge in [-0.3, -0.25) is 14.9 Å². The van der Waals surface area contributed by atoms with E-state index in [1.165, 1.54) is 11.6 Å². The Bertz CT molecular complexity index is 1300. The van der Waals surface area contributed by atoms with Crippen molar-refractivity contribution in [2.45, 2.75) is 13.5 Å². The monoisotopic (exact) mass is 694 g/mol. The minimum Gasteiger partial charge on any atom is -0.487 e. The maximum absolute atomic E-state index is 13.1. The number of hydrogen-bond donors (Lipinski definition) is 1. The molecule has 0 radical (unpaired) electrons. The lowest BCUT2D eigenvalue weighted by atomic mass is 10.1. The molecule has 34 heavy (non-hydrogen) atoms. The van der Waals surface area contributed by atoms with E-state index in [2.05, 4.69) is 59.8 Å². The zero-order valence-electron chi connectivity index (χ0n) is 17.8. The fourth-order valence-electron chi connectivity index (χ4n) is 3.29. The maximum atomic E-state index is 13.1. The normalized spacial score (nSPS) is 15.0. The van der Waals surface area contributed by atoms with Gasteiger partial charge in [0, 0.05) is 4.47 Å². The molecule has 3 aromatic rings. The Kier molecular flexibility index (Phi) is 7.54. The molecule has 1 saturated heterocycles. The second-order valence-corrected chi connectivity index (χ2v) is 10.5. The van der Waals surface area contributed by atoms with Crippen LogP contribution >= 0.6 is 54.5 Å². The summed E-state index contributed by atoms with van der Waals surface area (Å²) >= 11 is 9.00. The predicted molar refractivity (Wildman–Crippen MR) is 146 cm³/mol. The number of nitrogens with zero attached hydrogens (tertiary/aromatic N) is 1. The minimum absolute atomic E-state index is 0.140. The summed E-state index contributed by atoms with van der Waals surface area (Å²) in [7, 11) is 0. The van der Waals surface area contributed by atoms with Gasteiger partial charge < -0.3 is 4.74 Å². The zero-order valence-corrected chi connectivity index (χ0v) is 23.1. The molecule has 1 heterocycles. The van der Waals surface area contributed by atoms with Gasteiger partial charge in [-0.15, -0.1) is 0 Å². The molecule has 0 unspecified atom stereocenters. The third-order valence-corrected chi connectivity index (χ3v) is 6.94. The molecule has 6 nitrogen and oxygen atoms in total. The van der Waals surface area contributed by atoms with Crippen molar-refractivity contribution in [2.24, 2.45) is 0 Å². The molecule has 0 aromatic heterocycles. The number of nitrogens with one attached hydrogen (secondary N) is 1. The largest absolute Gasteiger partial charge is 0.487 e. The third kappa shape index (κ3) is 5.42. The second-order valence-electron chi connectivity index (χ2n) is 7.52. The summed E-state index contributed by atoms with van der Waals surface area (Å²) in [6, 6.07) is 17.5. The van der Waals surface area contributed by atoms with Gasteiger partial charge in [0.1, 0.15) is 17.9 Å². The number of barbiturate groups is 1. The van der Waals surface area contributed by atoms with E-state index in [0.717, 1.165) is 18.5 Å². The quantitative estimate of drug-likeness (QED) is 0.191. The van der Waals surface area contributed by atoms with E-state index in [9.17, 15) is 14.4 Å². The summed E-state index contributed by atoms with van der Waals surface area (Å²) in [5.41, 5.74) is 3.06. The van der Waals surface area contributed by atoms with Crippen LogP contribution < -0.4 is 15.0 Å². The average molecular weight is 696 g/mol. The van der Waals surface area contributed by atoms with Crippen LogP contribution in [-0.2, 0) is 16.2 Å². The molecule has 0 aliphatic carbocycles. The highest BCUT2D eigenvalue weighted by Gasteiger charge is 2.36. The highest BCUT2D eigenvalue weighted by atomic mass is 127. The second kappa shape index (κ2) is 10.4. The first-order valence-corrected chi connectivity index (χ1v) is 12.7. The molecule has 1 N–H and O–H groups in total. The topological polar surface area (TPSA) is 75.7 Å². The summed E-state index contributed by atoms with van der Waals surface area (Å²) in [4.78, 5) is 38.9. The molecule has 1 fully saturated rings. The molecule has 0 spiro atoms. The van der Waals surface area contributed by atoms with Gasteiger partial charge in [-0.25, -0.2) is 9.69 Å². The van der Waals surface area contributed by atoms with Gasteiger partial charge in [0.2, 0.25) is 0 Å². The highest BCUT2D eigenvalue weighted by molar-refractivity contribution is 14.1. The van der Waals surface area contributed by atoms with Crippen molar-refractivity contribution in [2.75, 3.05) is 4.90 Å². The average Bonchev–Trinajstić information content (AvgIpc) is 2.78. The lowest BCUT2D eigenvalue weighted by molar-refractivity contribution is -0.122. The Morgan fingerprint density at radius 1 is 1.00 bits per heavy atom. The van der Waals surface area contributed by atoms with Crippen molar-refractivity contribution in [1.29, 1.82) is 0 Å². The molecule has 0 saturated carbocycles. The standard InChI is InChI=1S/C25H17Br2IN2O4/c1-14-2-4-15(5-3-14)13-34-22-20(27)11-16(12-21(22)28)10-19-23(31)29-25(33)30(24(19)32)18-8-6-17(26)7-9-18/h2-12H,13H2,1H3,(H,29,31,33)/b19-10+. The van der Waals surface area contributed by atoms with Crippen molar-refractivity contribution >= 4 is 84.1 Å². The number of rotatable bonds is 5. The van der Waals surface area contributed by atoms with Crippen molar-refractivity contribution < 1.29 is 19.1 Å². The van der Waals surface area contributed by atoms with Crippen molar-refractivity contribution in [1.82, 2.24) is 5.32 Å². The van der Waals surface area contributed by atoms with Crippen LogP contribution in [0.5, 0.6) is 5.75 Å². The predicted octanol–water partition coefficient (Wildman–Crippen LogP) is 6.37. The Labute approximate surface area is 226 Å². The van der Waals surface area contributed by atoms with E-state index in [1.807, 2.05) is 37.3 Å². The lowest BCUT2D eigenvalue weighted by Gasteiger charge is -2.26. The Hall–Kier alpha value is -2.50. The molecule has 4 rings (SSSR count). The van der Waals surface area contributed by atoms with Crippen LogP contribution in [-0.4, -0.2) is 17.8 Å². The Morgan fingerprint density at radius 3 is 2.32 bits per heavy atom. The zero-order chi connectivity index (χ0) is 24.4. The number of carbonyl (C=O) groups is 3. The molecular weight excluding hydrogens is 679 g/mol. The fourth-order valence-corrected chi connectivity index (χ4v) is 5.32. The molecular formula is C25H17Br2IN2O4. The van der Waals surface area contributed by atoms with Crippen molar-refractivity contribution in [3.8, 4) is 5.75 Å². The molecule has 172 valence electrons. The van der Waals surface area contributed by atoms with E-state index in [-0.39, 0.29) is 5.57 Å². The molecule has 9 heteroatoms. The van der Waals surface area contributed by atoms with Crippen molar-refractivity contribution in [3.63, 3.8) is 0 Å². The highest BCUT2D eigenvalue weighted by Crippen LogP contribution is 2.34. The van der Waals surface area contributed by atoms with Gasteiger partial charge in [-0.1, -0.05) is 45.8 Å². The van der Waals surface area contributed by atoms with Crippen LogP contribution in [0.1, 0.15) is 16.7 Å². The van der Waals surface area contributed by atoms with Crippen LogP contribution in [0.25, 0.3) is 6.08 Å². The van der Waals surface area contributed by atoms with Crippen LogP contribution in [0.4, 0.5) is 10.5 Å². The number of urea groups is 1. The van der Waals surface area contributed by atoms with E-state index in [1.54, 1.807) is 30.3 Å². The van der Waals surface area contributed by atoms with E-state index in [0.29, 0.717) is 28.1 Å². The van der Waals surface area contributed by atoms with E-state index < -0.39 is 17.8 Å². The molecule has 4 amide bonds. The first kappa shape index (κ1) is 24.6. The fraction of sp³-hybridized carbons (Fsp3) is 0.0800. The van der Waals surface area contributed by atoms with Gasteiger partial charge in [-0.05, 0) is 99.0 Å². The van der Waals surface area contributed by atoms with Gasteiger partial charge >= 0.3 is 6.03 Å². The summed E-state index contributed by atoms with van der Waals surface area (Å²) in [5, 5.41) is 2.24. The number of ether oxygens (including phenoxy) is 1. The molecule has 1 aliphatic heterocycles. The lowest BCUT2D eigenvalue weighted by Crippen LogP contribution is -2.54. The van der Waals surface area contributed by atoms with Crippen LogP contribution in [0, 0.1) is 10.5 Å². The number of hydrogen-bond acceptors (Lipinski definition) is 4. The number of benzene rings is 3. The number of carbonyl (C=O) groups excluding carboxylic acids is 3. The van der Waals surface area contributed by atoms with Crippen LogP contribution in [0.3, 0.4) is 0 Å². The van der Waals surface area contributed by atoms with Gasteiger partial charge in [0.05, 0.1) is 13.7 Å². The molecule has 1 aliphatic rings. The van der Waals surface area contributed by atoms with E-state index >= 15 is 0 Å². The van der Waals surface area contributed by atoms with E-state index in [4.69, 9.17) is 4.74 Å². The molecule has 3 aromatic carbocycles. The smallest absolute Gasteiger partial charge is 0.335 e. The van der Waals surface area contributed by atoms with Gasteiger partial charge in [0.15, 0.2) is 0 Å². The number of halogens is 3. The Morgan fingerprint density at radius 2 is 1.68 bits per heavy atom. The maximum Gasteiger partial charge on any atom is 0.335 e. The summed E-state index contributed by atoms with van der Waals surface area (Å²) < 4.78 is 8.29. The third-order valence-electron chi connectivity index (χ3n) is 5.02.